The van der Waals surface area contributed by atoms with Gasteiger partial charge in [0.1, 0.15) is 5.82 Å². The van der Waals surface area contributed by atoms with Crippen LogP contribution < -0.4 is 5.32 Å². The van der Waals surface area contributed by atoms with Crippen LogP contribution in [0.3, 0.4) is 0 Å². The first kappa shape index (κ1) is 14.0. The highest BCUT2D eigenvalue weighted by Crippen LogP contribution is 2.18. The molecule has 0 bridgehead atoms. The Bertz CT molecular complexity index is 598. The van der Waals surface area contributed by atoms with E-state index in [-0.39, 0.29) is 29.8 Å². The molecule has 1 aliphatic rings. The Hall–Kier alpha value is -1.43. The van der Waals surface area contributed by atoms with Gasteiger partial charge in [-0.25, -0.2) is 12.8 Å². The molecule has 1 amide bonds. The normalized spacial score (nSPS) is 21.3. The molecule has 1 N–H and O–H groups in total. The van der Waals surface area contributed by atoms with Gasteiger partial charge in [0.2, 0.25) is 5.91 Å². The van der Waals surface area contributed by atoms with Crippen molar-refractivity contribution in [1.82, 2.24) is 5.32 Å². The average molecular weight is 285 g/mol. The van der Waals surface area contributed by atoms with Gasteiger partial charge in [0.05, 0.1) is 17.4 Å². The quantitative estimate of drug-likeness (QED) is 0.907. The second-order valence-corrected chi connectivity index (χ2v) is 7.13. The lowest BCUT2D eigenvalue weighted by atomic mass is 10.1. The number of hydrogen-bond donors (Lipinski definition) is 1. The van der Waals surface area contributed by atoms with Crippen LogP contribution >= 0.6 is 0 Å². The highest BCUT2D eigenvalue weighted by Gasteiger charge is 2.32. The summed E-state index contributed by atoms with van der Waals surface area (Å²) in [6.45, 7) is 1.88. The summed E-state index contributed by atoms with van der Waals surface area (Å²) in [5.74, 6) is -1.07. The monoisotopic (exact) mass is 285 g/mol. The van der Waals surface area contributed by atoms with Crippen LogP contribution in [0.2, 0.25) is 0 Å². The van der Waals surface area contributed by atoms with Crippen molar-refractivity contribution >= 4 is 15.7 Å². The van der Waals surface area contributed by atoms with E-state index in [4.69, 9.17) is 0 Å². The molecule has 1 saturated heterocycles. The van der Waals surface area contributed by atoms with Crippen LogP contribution in [0.5, 0.6) is 0 Å². The molecule has 19 heavy (non-hydrogen) atoms. The standard InChI is InChI=1S/C13H16FNO3S/c1-9-2-3-10(6-12(9)14)7-15-13(16)11-4-5-19(17,18)8-11/h2-3,6,11H,4-5,7-8H2,1H3,(H,15,16). The van der Waals surface area contributed by atoms with Gasteiger partial charge in [0.25, 0.3) is 0 Å². The first-order valence-corrected chi connectivity index (χ1v) is 7.93. The number of hydrogen-bond acceptors (Lipinski definition) is 3. The van der Waals surface area contributed by atoms with Crippen LogP contribution in [0.25, 0.3) is 0 Å². The van der Waals surface area contributed by atoms with Crippen LogP contribution in [0.1, 0.15) is 17.5 Å². The van der Waals surface area contributed by atoms with Crippen LogP contribution in [-0.4, -0.2) is 25.8 Å². The summed E-state index contributed by atoms with van der Waals surface area (Å²) in [7, 11) is -3.06. The predicted molar refractivity (Wildman–Crippen MR) is 69.7 cm³/mol. The molecule has 104 valence electrons. The Kier molecular flexibility index (Phi) is 3.89. The summed E-state index contributed by atoms with van der Waals surface area (Å²) < 4.78 is 35.9. The fraction of sp³-hybridized carbons (Fsp3) is 0.462. The van der Waals surface area contributed by atoms with Crippen LogP contribution in [-0.2, 0) is 21.2 Å². The summed E-state index contributed by atoms with van der Waals surface area (Å²) in [4.78, 5) is 11.8. The van der Waals surface area contributed by atoms with Crippen LogP contribution in [0.4, 0.5) is 4.39 Å². The Labute approximate surface area is 111 Å². The smallest absolute Gasteiger partial charge is 0.224 e. The van der Waals surface area contributed by atoms with Gasteiger partial charge in [-0.15, -0.1) is 0 Å². The SMILES string of the molecule is Cc1ccc(CNC(=O)C2CCS(=O)(=O)C2)cc1F. The van der Waals surface area contributed by atoms with E-state index in [0.717, 1.165) is 0 Å². The zero-order valence-electron chi connectivity index (χ0n) is 10.6. The van der Waals surface area contributed by atoms with Gasteiger partial charge in [0, 0.05) is 6.54 Å². The van der Waals surface area contributed by atoms with E-state index < -0.39 is 15.8 Å². The number of nitrogens with one attached hydrogen (secondary N) is 1. The fourth-order valence-electron chi connectivity index (χ4n) is 2.08. The minimum atomic E-state index is -3.06. The number of benzene rings is 1. The molecular weight excluding hydrogens is 269 g/mol. The van der Waals surface area contributed by atoms with Crippen molar-refractivity contribution in [3.05, 3.63) is 35.1 Å². The molecule has 1 aliphatic heterocycles. The van der Waals surface area contributed by atoms with Crippen molar-refractivity contribution in [2.75, 3.05) is 11.5 Å². The molecule has 6 heteroatoms. The third kappa shape index (κ3) is 3.53. The van der Waals surface area contributed by atoms with Gasteiger partial charge >= 0.3 is 0 Å². The number of aryl methyl sites for hydroxylation is 1. The lowest BCUT2D eigenvalue weighted by Crippen LogP contribution is -2.30. The first-order valence-electron chi connectivity index (χ1n) is 6.10. The largest absolute Gasteiger partial charge is 0.352 e. The summed E-state index contributed by atoms with van der Waals surface area (Å²) in [5.41, 5.74) is 1.22. The Balaban J connectivity index is 1.92. The topological polar surface area (TPSA) is 63.2 Å². The van der Waals surface area contributed by atoms with E-state index in [1.807, 2.05) is 0 Å². The zero-order valence-corrected chi connectivity index (χ0v) is 11.5. The highest BCUT2D eigenvalue weighted by atomic mass is 32.2. The highest BCUT2D eigenvalue weighted by molar-refractivity contribution is 7.91. The summed E-state index contributed by atoms with van der Waals surface area (Å²) in [6.07, 6.45) is 0.371. The number of halogens is 1. The molecule has 1 fully saturated rings. The maximum Gasteiger partial charge on any atom is 0.224 e. The van der Waals surface area contributed by atoms with Crippen molar-refractivity contribution in [1.29, 1.82) is 0 Å². The Morgan fingerprint density at radius 3 is 2.79 bits per heavy atom. The van der Waals surface area contributed by atoms with E-state index in [2.05, 4.69) is 5.32 Å². The van der Waals surface area contributed by atoms with Crippen molar-refractivity contribution in [2.45, 2.75) is 19.9 Å². The maximum atomic E-state index is 13.3. The van der Waals surface area contributed by atoms with E-state index in [9.17, 15) is 17.6 Å². The molecule has 4 nitrogen and oxygen atoms in total. The minimum Gasteiger partial charge on any atom is -0.352 e. The van der Waals surface area contributed by atoms with E-state index in [1.165, 1.54) is 6.07 Å². The molecular formula is C13H16FNO3S. The fourth-order valence-corrected chi connectivity index (χ4v) is 3.82. The molecule has 0 spiro atoms. The van der Waals surface area contributed by atoms with Gasteiger partial charge in [0.15, 0.2) is 9.84 Å². The number of carbonyl (C=O) groups is 1. The Morgan fingerprint density at radius 2 is 2.21 bits per heavy atom. The zero-order chi connectivity index (χ0) is 14.0. The van der Waals surface area contributed by atoms with Gasteiger partial charge in [-0.3, -0.25) is 4.79 Å². The predicted octanol–water partition coefficient (Wildman–Crippen LogP) is 1.19. The van der Waals surface area contributed by atoms with Crippen LogP contribution in [0.15, 0.2) is 18.2 Å². The molecule has 1 aromatic carbocycles. The van der Waals surface area contributed by atoms with Crippen molar-refractivity contribution in [3.63, 3.8) is 0 Å². The number of amides is 1. The van der Waals surface area contributed by atoms with E-state index >= 15 is 0 Å². The molecule has 1 heterocycles. The molecule has 0 aromatic heterocycles. The van der Waals surface area contributed by atoms with Crippen molar-refractivity contribution in [2.24, 2.45) is 5.92 Å². The van der Waals surface area contributed by atoms with Gasteiger partial charge in [-0.05, 0) is 30.5 Å². The average Bonchev–Trinajstić information content (AvgIpc) is 2.71. The van der Waals surface area contributed by atoms with Crippen LogP contribution in [0, 0.1) is 18.7 Å². The Morgan fingerprint density at radius 1 is 1.47 bits per heavy atom. The number of rotatable bonds is 3. The second-order valence-electron chi connectivity index (χ2n) is 4.90. The molecule has 0 radical (unpaired) electrons. The van der Waals surface area contributed by atoms with Crippen molar-refractivity contribution < 1.29 is 17.6 Å². The second kappa shape index (κ2) is 5.28. The lowest BCUT2D eigenvalue weighted by Gasteiger charge is -2.10. The molecule has 1 aromatic rings. The molecule has 1 unspecified atom stereocenters. The summed E-state index contributed by atoms with van der Waals surface area (Å²) in [5, 5.41) is 2.66. The summed E-state index contributed by atoms with van der Waals surface area (Å²) in [6, 6.07) is 4.77. The molecule has 2 rings (SSSR count). The molecule has 0 aliphatic carbocycles. The van der Waals surface area contributed by atoms with Gasteiger partial charge in [-0.1, -0.05) is 12.1 Å². The number of carbonyl (C=O) groups excluding carboxylic acids is 1. The minimum absolute atomic E-state index is 0.0737. The first-order chi connectivity index (χ1) is 8.87. The lowest BCUT2D eigenvalue weighted by molar-refractivity contribution is -0.124. The molecule has 0 saturated carbocycles. The third-order valence-corrected chi connectivity index (χ3v) is 5.07. The third-order valence-electron chi connectivity index (χ3n) is 3.31. The van der Waals surface area contributed by atoms with Crippen molar-refractivity contribution in [3.8, 4) is 0 Å². The maximum absolute atomic E-state index is 13.3. The molecule has 1 atom stereocenters. The van der Waals surface area contributed by atoms with Gasteiger partial charge in [-0.2, -0.15) is 0 Å². The summed E-state index contributed by atoms with van der Waals surface area (Å²) >= 11 is 0. The van der Waals surface area contributed by atoms with E-state index in [0.29, 0.717) is 17.5 Å². The van der Waals surface area contributed by atoms with Gasteiger partial charge < -0.3 is 5.32 Å². The van der Waals surface area contributed by atoms with E-state index in [1.54, 1.807) is 19.1 Å². The number of sulfone groups is 1.